The maximum absolute atomic E-state index is 12.6. The number of thiophene rings is 1. The lowest BCUT2D eigenvalue weighted by molar-refractivity contribution is -0.129. The first-order valence-electron chi connectivity index (χ1n) is 8.33. The minimum Gasteiger partial charge on any atom is -0.449 e. The van der Waals surface area contributed by atoms with Crippen molar-refractivity contribution in [3.63, 3.8) is 0 Å². The van der Waals surface area contributed by atoms with Crippen LogP contribution >= 0.6 is 11.3 Å². The molecule has 2 aromatic heterocycles. The number of fused-ring (bicyclic) bond motifs is 1. The first-order valence-corrected chi connectivity index (χ1v) is 9.21. The van der Waals surface area contributed by atoms with Gasteiger partial charge in [-0.05, 0) is 50.4 Å². The molecule has 6 heteroatoms. The molecule has 2 heterocycles. The van der Waals surface area contributed by atoms with E-state index in [1.165, 1.54) is 0 Å². The highest BCUT2D eigenvalue weighted by atomic mass is 32.1. The molecule has 0 aliphatic carbocycles. The number of benzene rings is 1. The highest BCUT2D eigenvalue weighted by Crippen LogP contribution is 2.21. The Hall–Kier alpha value is -2.73. The number of aryl methyl sites for hydroxylation is 2. The molecule has 134 valence electrons. The van der Waals surface area contributed by atoms with Gasteiger partial charge in [-0.3, -0.25) is 9.78 Å². The number of pyridine rings is 1. The fourth-order valence-electron chi connectivity index (χ4n) is 2.65. The minimum atomic E-state index is -0.879. The van der Waals surface area contributed by atoms with E-state index in [9.17, 15) is 9.59 Å². The van der Waals surface area contributed by atoms with Crippen molar-refractivity contribution in [2.75, 3.05) is 0 Å². The van der Waals surface area contributed by atoms with E-state index in [2.05, 4.69) is 10.3 Å². The number of nitrogens with one attached hydrogen (secondary N) is 1. The lowest BCUT2D eigenvalue weighted by atomic mass is 10.1. The minimum absolute atomic E-state index is 0.321. The molecule has 1 amide bonds. The molecule has 1 atom stereocenters. The Kier molecular flexibility index (Phi) is 5.32. The first-order chi connectivity index (χ1) is 12.4. The maximum Gasteiger partial charge on any atom is 0.339 e. The molecule has 1 aromatic carbocycles. The van der Waals surface area contributed by atoms with Gasteiger partial charge in [0.05, 0.1) is 17.6 Å². The van der Waals surface area contributed by atoms with Crippen LogP contribution in [0.1, 0.15) is 33.4 Å². The molecule has 3 rings (SSSR count). The van der Waals surface area contributed by atoms with Crippen LogP contribution in [0.5, 0.6) is 0 Å². The fraction of sp³-hybridized carbons (Fsp3) is 0.250. The Bertz CT molecular complexity index is 951. The number of ether oxygens (including phenoxy) is 1. The summed E-state index contributed by atoms with van der Waals surface area (Å²) in [4.78, 5) is 30.3. The second kappa shape index (κ2) is 7.66. The highest BCUT2D eigenvalue weighted by Gasteiger charge is 2.21. The van der Waals surface area contributed by atoms with Crippen LogP contribution in [-0.2, 0) is 16.1 Å². The quantitative estimate of drug-likeness (QED) is 0.696. The molecule has 0 spiro atoms. The van der Waals surface area contributed by atoms with Crippen molar-refractivity contribution in [1.29, 1.82) is 0 Å². The second-order valence-electron chi connectivity index (χ2n) is 6.18. The van der Waals surface area contributed by atoms with E-state index in [4.69, 9.17) is 4.74 Å². The highest BCUT2D eigenvalue weighted by molar-refractivity contribution is 7.09. The summed E-state index contributed by atoms with van der Waals surface area (Å²) in [7, 11) is 0. The Balaban J connectivity index is 1.74. The average Bonchev–Trinajstić information content (AvgIpc) is 3.12. The van der Waals surface area contributed by atoms with Crippen LogP contribution in [0.2, 0.25) is 0 Å². The van der Waals surface area contributed by atoms with E-state index >= 15 is 0 Å². The molecule has 0 aliphatic rings. The molecule has 0 saturated carbocycles. The van der Waals surface area contributed by atoms with Gasteiger partial charge in [0.2, 0.25) is 0 Å². The largest absolute Gasteiger partial charge is 0.449 e. The summed E-state index contributed by atoms with van der Waals surface area (Å²) in [5, 5.41) is 5.46. The van der Waals surface area contributed by atoms with Gasteiger partial charge in [0.15, 0.2) is 6.10 Å². The van der Waals surface area contributed by atoms with Crippen molar-refractivity contribution < 1.29 is 14.3 Å². The van der Waals surface area contributed by atoms with Gasteiger partial charge in [0.25, 0.3) is 5.91 Å². The lowest BCUT2D eigenvalue weighted by Gasteiger charge is -2.14. The van der Waals surface area contributed by atoms with Crippen molar-refractivity contribution in [1.82, 2.24) is 10.3 Å². The van der Waals surface area contributed by atoms with Crippen molar-refractivity contribution in [2.24, 2.45) is 0 Å². The molecule has 3 aromatic rings. The van der Waals surface area contributed by atoms with Gasteiger partial charge in [0.1, 0.15) is 0 Å². The van der Waals surface area contributed by atoms with Crippen LogP contribution in [0.25, 0.3) is 10.9 Å². The van der Waals surface area contributed by atoms with Crippen LogP contribution in [-0.4, -0.2) is 23.0 Å². The van der Waals surface area contributed by atoms with Crippen LogP contribution < -0.4 is 5.32 Å². The summed E-state index contributed by atoms with van der Waals surface area (Å²) in [5.41, 5.74) is 2.91. The van der Waals surface area contributed by atoms with Gasteiger partial charge in [-0.1, -0.05) is 17.7 Å². The molecule has 1 N–H and O–H groups in total. The van der Waals surface area contributed by atoms with E-state index in [1.54, 1.807) is 24.3 Å². The van der Waals surface area contributed by atoms with E-state index in [1.807, 2.05) is 49.6 Å². The molecular weight excluding hydrogens is 348 g/mol. The monoisotopic (exact) mass is 368 g/mol. The van der Waals surface area contributed by atoms with Crippen LogP contribution in [0.4, 0.5) is 0 Å². The smallest absolute Gasteiger partial charge is 0.339 e. The molecule has 0 saturated heterocycles. The zero-order valence-corrected chi connectivity index (χ0v) is 15.7. The summed E-state index contributed by atoms with van der Waals surface area (Å²) in [6.45, 7) is 5.78. The van der Waals surface area contributed by atoms with Gasteiger partial charge in [-0.15, -0.1) is 11.3 Å². The van der Waals surface area contributed by atoms with Gasteiger partial charge in [-0.25, -0.2) is 4.79 Å². The Morgan fingerprint density at radius 2 is 2.04 bits per heavy atom. The van der Waals surface area contributed by atoms with Gasteiger partial charge >= 0.3 is 5.97 Å². The summed E-state index contributed by atoms with van der Waals surface area (Å²) in [6, 6.07) is 11.3. The molecule has 26 heavy (non-hydrogen) atoms. The van der Waals surface area contributed by atoms with E-state index < -0.39 is 12.1 Å². The molecule has 0 fully saturated rings. The predicted octanol–water partition coefficient (Wildman–Crippen LogP) is 3.77. The van der Waals surface area contributed by atoms with E-state index in [0.717, 1.165) is 27.0 Å². The number of rotatable bonds is 5. The number of nitrogens with zero attached hydrogens (tertiary/aromatic N) is 1. The van der Waals surface area contributed by atoms with Gasteiger partial charge < -0.3 is 10.1 Å². The Morgan fingerprint density at radius 1 is 1.23 bits per heavy atom. The average molecular weight is 368 g/mol. The van der Waals surface area contributed by atoms with E-state index in [-0.39, 0.29) is 5.91 Å². The lowest BCUT2D eigenvalue weighted by Crippen LogP contribution is -2.35. The van der Waals surface area contributed by atoms with Crippen molar-refractivity contribution in [3.8, 4) is 0 Å². The van der Waals surface area contributed by atoms with Crippen molar-refractivity contribution >= 4 is 34.1 Å². The topological polar surface area (TPSA) is 68.3 Å². The fourth-order valence-corrected chi connectivity index (χ4v) is 3.29. The zero-order valence-electron chi connectivity index (χ0n) is 14.9. The summed E-state index contributed by atoms with van der Waals surface area (Å²) >= 11 is 1.56. The number of carbonyl (C=O) groups is 2. The van der Waals surface area contributed by atoms with Crippen LogP contribution in [0, 0.1) is 13.8 Å². The number of amides is 1. The molecule has 5 nitrogen and oxygen atoms in total. The Morgan fingerprint density at radius 3 is 2.77 bits per heavy atom. The number of esters is 1. The van der Waals surface area contributed by atoms with Crippen LogP contribution in [0.3, 0.4) is 0 Å². The number of hydrogen-bond acceptors (Lipinski definition) is 5. The number of hydrogen-bond donors (Lipinski definition) is 1. The zero-order chi connectivity index (χ0) is 18.7. The van der Waals surface area contributed by atoms with Gasteiger partial charge in [-0.2, -0.15) is 0 Å². The molecule has 0 aliphatic heterocycles. The summed E-state index contributed by atoms with van der Waals surface area (Å²) in [6.07, 6.45) is -0.879. The van der Waals surface area contributed by atoms with Crippen LogP contribution in [0.15, 0.2) is 41.8 Å². The number of aromatic nitrogens is 1. The SMILES string of the molecule is Cc1ccc2nc(C)cc(C(=O)OC(C)C(=O)NCc3cccs3)c2c1. The molecule has 1 unspecified atom stereocenters. The first kappa shape index (κ1) is 18.1. The predicted molar refractivity (Wildman–Crippen MR) is 102 cm³/mol. The standard InChI is InChI=1S/C20H20N2O3S/c1-12-6-7-18-16(9-12)17(10-13(2)22-18)20(24)25-14(3)19(23)21-11-15-5-4-8-26-15/h4-10,14H,11H2,1-3H3,(H,21,23). The maximum atomic E-state index is 12.6. The van der Waals surface area contributed by atoms with E-state index in [0.29, 0.717) is 12.1 Å². The second-order valence-corrected chi connectivity index (χ2v) is 7.21. The summed E-state index contributed by atoms with van der Waals surface area (Å²) < 4.78 is 5.40. The van der Waals surface area contributed by atoms with Crippen molar-refractivity contribution in [2.45, 2.75) is 33.4 Å². The third-order valence-corrected chi connectivity index (χ3v) is 4.86. The third-order valence-electron chi connectivity index (χ3n) is 3.98. The molecular formula is C20H20N2O3S. The third kappa shape index (κ3) is 4.08. The molecule has 0 bridgehead atoms. The molecule has 0 radical (unpaired) electrons. The summed E-state index contributed by atoms with van der Waals surface area (Å²) in [5.74, 6) is -0.845. The van der Waals surface area contributed by atoms with Gasteiger partial charge in [0, 0.05) is 16.0 Å². The Labute approximate surface area is 156 Å². The van der Waals surface area contributed by atoms with Crippen molar-refractivity contribution in [3.05, 3.63) is 63.5 Å². The normalized spacial score (nSPS) is 12.0. The number of carbonyl (C=O) groups excluding carboxylic acids is 2.